The molecule has 3 N–H and O–H groups in total. The van der Waals surface area contributed by atoms with Crippen LogP contribution in [0.1, 0.15) is 10.4 Å². The number of rotatable bonds is 5. The van der Waals surface area contributed by atoms with Crippen molar-refractivity contribution in [2.75, 3.05) is 37.4 Å². The predicted molar refractivity (Wildman–Crippen MR) is 116 cm³/mol. The summed E-state index contributed by atoms with van der Waals surface area (Å²) in [5.74, 6) is -0.362. The summed E-state index contributed by atoms with van der Waals surface area (Å²) in [5.41, 5.74) is 8.37. The number of anilines is 2. The van der Waals surface area contributed by atoms with Crippen molar-refractivity contribution in [3.63, 3.8) is 0 Å². The largest absolute Gasteiger partial charge is 0.399 e. The lowest BCUT2D eigenvalue weighted by Gasteiger charge is -2.26. The Morgan fingerprint density at radius 1 is 1.13 bits per heavy atom. The van der Waals surface area contributed by atoms with Crippen LogP contribution in [0.4, 0.5) is 10.8 Å². The van der Waals surface area contributed by atoms with E-state index >= 15 is 0 Å². The zero-order chi connectivity index (χ0) is 21.1. The number of nitrogens with zero attached hydrogens (tertiary/aromatic N) is 2. The molecule has 30 heavy (non-hydrogen) atoms. The maximum Gasteiger partial charge on any atom is 0.257 e. The molecule has 1 saturated heterocycles. The van der Waals surface area contributed by atoms with Gasteiger partial charge in [-0.05, 0) is 36.4 Å². The van der Waals surface area contributed by atoms with Gasteiger partial charge in [-0.15, -0.1) is 11.3 Å². The highest BCUT2D eigenvalue weighted by Gasteiger charge is 2.26. The minimum Gasteiger partial charge on any atom is -0.399 e. The molecule has 1 aromatic heterocycles. The smallest absolute Gasteiger partial charge is 0.257 e. The molecule has 1 aliphatic heterocycles. The fraction of sp³-hybridized carbons (Fsp3) is 0.200. The number of hydrogen-bond donors (Lipinski definition) is 2. The number of nitrogens with two attached hydrogens (primary N) is 1. The van der Waals surface area contributed by atoms with Gasteiger partial charge in [0.2, 0.25) is 10.0 Å². The lowest BCUT2D eigenvalue weighted by atomic mass is 10.1. The molecule has 1 fully saturated rings. The van der Waals surface area contributed by atoms with Crippen LogP contribution < -0.4 is 11.1 Å². The minimum absolute atomic E-state index is 0.152. The van der Waals surface area contributed by atoms with E-state index in [1.807, 2.05) is 23.6 Å². The van der Waals surface area contributed by atoms with E-state index in [9.17, 15) is 13.2 Å². The average molecular weight is 445 g/mol. The Labute approximate surface area is 178 Å². The fourth-order valence-electron chi connectivity index (χ4n) is 3.05. The van der Waals surface area contributed by atoms with Crippen molar-refractivity contribution >= 4 is 38.1 Å². The minimum atomic E-state index is -3.59. The van der Waals surface area contributed by atoms with Gasteiger partial charge in [-0.2, -0.15) is 4.31 Å². The van der Waals surface area contributed by atoms with Crippen LogP contribution in [0, 0.1) is 0 Å². The second-order valence-electron chi connectivity index (χ2n) is 6.66. The maximum absolute atomic E-state index is 12.7. The highest BCUT2D eigenvalue weighted by Crippen LogP contribution is 2.26. The monoisotopic (exact) mass is 444 g/mol. The molecular formula is C20H20N4O4S2. The maximum atomic E-state index is 12.7. The van der Waals surface area contributed by atoms with Gasteiger partial charge in [0.25, 0.3) is 5.91 Å². The van der Waals surface area contributed by atoms with Crippen molar-refractivity contribution in [2.45, 2.75) is 4.90 Å². The molecule has 0 spiro atoms. The Kier molecular flexibility index (Phi) is 5.82. The summed E-state index contributed by atoms with van der Waals surface area (Å²) in [6.45, 7) is 1.41. The molecule has 156 valence electrons. The van der Waals surface area contributed by atoms with Crippen LogP contribution in [0.2, 0.25) is 0 Å². The molecule has 2 aromatic carbocycles. The summed E-state index contributed by atoms with van der Waals surface area (Å²) in [6.07, 6.45) is 0. The first-order valence-corrected chi connectivity index (χ1v) is 11.6. The first-order chi connectivity index (χ1) is 14.4. The Morgan fingerprint density at radius 2 is 1.87 bits per heavy atom. The van der Waals surface area contributed by atoms with Crippen LogP contribution in [0.5, 0.6) is 0 Å². The van der Waals surface area contributed by atoms with E-state index in [0.29, 0.717) is 42.7 Å². The van der Waals surface area contributed by atoms with E-state index in [1.165, 1.54) is 39.9 Å². The number of hydrogen-bond acceptors (Lipinski definition) is 7. The number of thiazole rings is 1. The number of nitrogen functional groups attached to an aromatic ring is 1. The molecule has 0 aliphatic carbocycles. The number of ether oxygens (including phenoxy) is 1. The number of nitrogens with one attached hydrogen (secondary N) is 1. The number of morpholine rings is 1. The molecule has 0 saturated carbocycles. The lowest BCUT2D eigenvalue weighted by molar-refractivity contribution is 0.0730. The van der Waals surface area contributed by atoms with Crippen molar-refractivity contribution < 1.29 is 17.9 Å². The molecule has 0 radical (unpaired) electrons. The molecule has 0 atom stereocenters. The van der Waals surface area contributed by atoms with Crippen molar-refractivity contribution in [3.8, 4) is 11.3 Å². The molecular weight excluding hydrogens is 424 g/mol. The van der Waals surface area contributed by atoms with Gasteiger partial charge in [-0.3, -0.25) is 10.1 Å². The number of aromatic nitrogens is 1. The van der Waals surface area contributed by atoms with E-state index in [0.717, 1.165) is 11.3 Å². The molecule has 8 nitrogen and oxygen atoms in total. The standard InChI is InChI=1S/C20H20N4O4S2/c21-16-3-1-2-15(12-16)18-13-29-20(22-18)23-19(25)14-4-6-17(7-5-14)30(26,27)24-8-10-28-11-9-24/h1-7,12-13H,8-11,21H2,(H,22,23,25). The highest BCUT2D eigenvalue weighted by molar-refractivity contribution is 7.89. The van der Waals surface area contributed by atoms with Crippen LogP contribution in [0.15, 0.2) is 58.8 Å². The molecule has 2 heterocycles. The van der Waals surface area contributed by atoms with Crippen LogP contribution >= 0.6 is 11.3 Å². The van der Waals surface area contributed by atoms with E-state index < -0.39 is 10.0 Å². The average Bonchev–Trinajstić information content (AvgIpc) is 3.23. The SMILES string of the molecule is Nc1cccc(-c2csc(NC(=O)c3ccc(S(=O)(=O)N4CCOCC4)cc3)n2)c1. The molecule has 10 heteroatoms. The third-order valence-electron chi connectivity index (χ3n) is 4.63. The van der Waals surface area contributed by atoms with Gasteiger partial charge >= 0.3 is 0 Å². The van der Waals surface area contributed by atoms with Gasteiger partial charge in [0.15, 0.2) is 5.13 Å². The Hall–Kier alpha value is -2.79. The Morgan fingerprint density at radius 3 is 2.57 bits per heavy atom. The van der Waals surface area contributed by atoms with E-state index in [-0.39, 0.29) is 10.8 Å². The van der Waals surface area contributed by atoms with Crippen molar-refractivity contribution in [2.24, 2.45) is 0 Å². The van der Waals surface area contributed by atoms with Gasteiger partial charge < -0.3 is 10.5 Å². The van der Waals surface area contributed by atoms with Gasteiger partial charge in [-0.1, -0.05) is 12.1 Å². The zero-order valence-electron chi connectivity index (χ0n) is 15.9. The number of benzene rings is 2. The molecule has 0 bridgehead atoms. The summed E-state index contributed by atoms with van der Waals surface area (Å²) < 4.78 is 31.9. The van der Waals surface area contributed by atoms with Gasteiger partial charge in [0, 0.05) is 35.3 Å². The van der Waals surface area contributed by atoms with Crippen molar-refractivity contribution in [1.82, 2.24) is 9.29 Å². The predicted octanol–water partition coefficient (Wildman–Crippen LogP) is 2.67. The van der Waals surface area contributed by atoms with E-state index in [4.69, 9.17) is 10.5 Å². The molecule has 0 unspecified atom stereocenters. The summed E-state index contributed by atoms with van der Waals surface area (Å²) in [4.78, 5) is 17.1. The summed E-state index contributed by atoms with van der Waals surface area (Å²) in [7, 11) is -3.59. The molecule has 3 aromatic rings. The van der Waals surface area contributed by atoms with Gasteiger partial charge in [-0.25, -0.2) is 13.4 Å². The van der Waals surface area contributed by atoms with Gasteiger partial charge in [0.1, 0.15) is 0 Å². The Balaban J connectivity index is 1.45. The van der Waals surface area contributed by atoms with Crippen LogP contribution in [0.25, 0.3) is 11.3 Å². The van der Waals surface area contributed by atoms with Gasteiger partial charge in [0.05, 0.1) is 23.8 Å². The second kappa shape index (κ2) is 8.52. The third kappa shape index (κ3) is 4.36. The summed E-state index contributed by atoms with van der Waals surface area (Å²) >= 11 is 1.30. The van der Waals surface area contributed by atoms with Crippen LogP contribution in [-0.2, 0) is 14.8 Å². The van der Waals surface area contributed by atoms with Crippen LogP contribution in [0.3, 0.4) is 0 Å². The first-order valence-electron chi connectivity index (χ1n) is 9.24. The Bertz CT molecular complexity index is 1150. The number of sulfonamides is 1. The summed E-state index contributed by atoms with van der Waals surface area (Å²) in [5, 5.41) is 5.03. The lowest BCUT2D eigenvalue weighted by Crippen LogP contribution is -2.40. The number of carbonyl (C=O) groups is 1. The first kappa shape index (κ1) is 20.5. The second-order valence-corrected chi connectivity index (χ2v) is 9.45. The highest BCUT2D eigenvalue weighted by atomic mass is 32.2. The van der Waals surface area contributed by atoms with Crippen molar-refractivity contribution in [1.29, 1.82) is 0 Å². The summed E-state index contributed by atoms with van der Waals surface area (Å²) in [6, 6.07) is 13.2. The fourth-order valence-corrected chi connectivity index (χ4v) is 5.17. The van der Waals surface area contributed by atoms with E-state index in [1.54, 1.807) is 6.07 Å². The van der Waals surface area contributed by atoms with Crippen LogP contribution in [-0.4, -0.2) is 49.9 Å². The normalized spacial score (nSPS) is 15.1. The number of carbonyl (C=O) groups excluding carboxylic acids is 1. The van der Waals surface area contributed by atoms with Crippen molar-refractivity contribution in [3.05, 3.63) is 59.5 Å². The number of amides is 1. The quantitative estimate of drug-likeness (QED) is 0.585. The molecule has 1 amide bonds. The van der Waals surface area contributed by atoms with E-state index in [2.05, 4.69) is 10.3 Å². The third-order valence-corrected chi connectivity index (χ3v) is 7.30. The topological polar surface area (TPSA) is 115 Å². The zero-order valence-corrected chi connectivity index (χ0v) is 17.6. The molecule has 4 rings (SSSR count). The molecule has 1 aliphatic rings.